The van der Waals surface area contributed by atoms with Crippen molar-refractivity contribution >= 4 is 119 Å². The summed E-state index contributed by atoms with van der Waals surface area (Å²) in [6.45, 7) is 0. The van der Waals surface area contributed by atoms with Gasteiger partial charge in [-0.1, -0.05) is 261 Å². The number of benzene rings is 18. The Morgan fingerprint density at radius 3 is 0.896 bits per heavy atom. The first-order valence-electron chi connectivity index (χ1n) is 33.1. The zero-order valence-corrected chi connectivity index (χ0v) is 52.1. The van der Waals surface area contributed by atoms with Crippen molar-refractivity contribution in [3.05, 3.63) is 340 Å². The summed E-state index contributed by atoms with van der Waals surface area (Å²) in [6.07, 6.45) is 0. The maximum Gasteiger partial charge on any atom is 0.136 e. The van der Waals surface area contributed by atoms with Crippen molar-refractivity contribution in [1.29, 1.82) is 0 Å². The summed E-state index contributed by atoms with van der Waals surface area (Å²) in [7, 11) is 0. The van der Waals surface area contributed by atoms with Crippen LogP contribution in [0.2, 0.25) is 0 Å². The Bertz CT molecular complexity index is 6490. The fraction of sp³-hybridized carbons (Fsp3) is 0. The molecule has 2 heteroatoms. The highest BCUT2D eigenvalue weighted by Gasteiger charge is 2.22. The van der Waals surface area contributed by atoms with E-state index in [9.17, 15) is 0 Å². The Balaban J connectivity index is 0.661. The van der Waals surface area contributed by atoms with Crippen LogP contribution in [0.15, 0.2) is 349 Å². The maximum absolute atomic E-state index is 6.70. The lowest BCUT2D eigenvalue weighted by molar-refractivity contribution is 0.669. The highest BCUT2D eigenvalue weighted by Crippen LogP contribution is 2.49. The number of hydrogen-bond acceptors (Lipinski definition) is 2. The van der Waals surface area contributed by atoms with Gasteiger partial charge in [0.25, 0.3) is 0 Å². The van der Waals surface area contributed by atoms with E-state index >= 15 is 0 Å². The summed E-state index contributed by atoms with van der Waals surface area (Å²) in [5.41, 5.74) is 22.6. The normalized spacial score (nSPS) is 12.0. The average Bonchev–Trinajstić information content (AvgIpc) is 0.986. The van der Waals surface area contributed by atoms with Crippen molar-refractivity contribution in [3.8, 4) is 89.0 Å². The smallest absolute Gasteiger partial charge is 0.136 e. The van der Waals surface area contributed by atoms with E-state index in [4.69, 9.17) is 8.83 Å². The Hall–Kier alpha value is -12.6. The molecule has 0 atom stereocenters. The zero-order valence-electron chi connectivity index (χ0n) is 52.1. The van der Waals surface area contributed by atoms with Crippen molar-refractivity contribution < 1.29 is 8.83 Å². The predicted octanol–water partition coefficient (Wildman–Crippen LogP) is 26.9. The molecule has 20 rings (SSSR count). The van der Waals surface area contributed by atoms with Crippen LogP contribution in [0.4, 0.5) is 0 Å². The van der Waals surface area contributed by atoms with Crippen LogP contribution < -0.4 is 0 Å². The van der Waals surface area contributed by atoms with E-state index in [1.54, 1.807) is 0 Å². The quantitative estimate of drug-likeness (QED) is 0.142. The first-order valence-corrected chi connectivity index (χ1v) is 33.1. The van der Waals surface area contributed by atoms with Crippen LogP contribution in [0.25, 0.3) is 208 Å². The Labute approximate surface area is 553 Å². The Morgan fingerprint density at radius 2 is 0.417 bits per heavy atom. The van der Waals surface area contributed by atoms with E-state index in [-0.39, 0.29) is 0 Å². The second-order valence-corrected chi connectivity index (χ2v) is 25.8. The van der Waals surface area contributed by atoms with Crippen molar-refractivity contribution in [2.24, 2.45) is 0 Å². The largest absolute Gasteiger partial charge is 0.456 e. The molecule has 2 heterocycles. The van der Waals surface area contributed by atoms with E-state index in [2.05, 4.69) is 340 Å². The van der Waals surface area contributed by atoms with Crippen LogP contribution in [-0.4, -0.2) is 0 Å². The van der Waals surface area contributed by atoms with Gasteiger partial charge in [0.15, 0.2) is 0 Å². The summed E-state index contributed by atoms with van der Waals surface area (Å²) in [5.74, 6) is 0. The lowest BCUT2D eigenvalue weighted by atomic mass is 9.84. The average molecular weight is 1220 g/mol. The monoisotopic (exact) mass is 1220 g/mol. The standard InChI is InChI=1S/C94H56O2/c1-2-16-57(17-3-1)71-48-72(50-74(49-71)94-81-28-14-12-26-79(81)93(80-27-13-15-29-82(80)94)69-42-44-87-83(52-69)85-51-64-20-6-7-21-65(64)55-89(85)95-87)61-32-30-59(31-33-61)67-40-41-68-56-90-86(54-73(68)47-67)84-53-70(43-45-88(84)96-90)92-77-24-10-8-22-75(77)91(76-23-9-11-25-78(76)92)62-37-34-60(35-38-62)66-39-36-58-18-4-5-19-63(58)46-66/h1-56H. The first-order chi connectivity index (χ1) is 47.5. The van der Waals surface area contributed by atoms with Crippen LogP contribution in [0, 0.1) is 0 Å². The topological polar surface area (TPSA) is 26.3 Å². The molecule has 0 fully saturated rings. The predicted molar refractivity (Wildman–Crippen MR) is 407 cm³/mol. The molecular formula is C94H56O2. The molecule has 0 amide bonds. The van der Waals surface area contributed by atoms with Crippen LogP contribution >= 0.6 is 0 Å². The molecule has 0 aliphatic heterocycles. The number of fused-ring (bicyclic) bond motifs is 13. The van der Waals surface area contributed by atoms with Gasteiger partial charge < -0.3 is 8.83 Å². The van der Waals surface area contributed by atoms with Crippen LogP contribution in [0.3, 0.4) is 0 Å². The molecule has 2 aromatic heterocycles. The van der Waals surface area contributed by atoms with Gasteiger partial charge in [0.05, 0.1) is 0 Å². The molecule has 0 bridgehead atoms. The summed E-state index contributed by atoms with van der Waals surface area (Å²) < 4.78 is 13.2. The van der Waals surface area contributed by atoms with Gasteiger partial charge in [-0.25, -0.2) is 0 Å². The number of hydrogen-bond donors (Lipinski definition) is 0. The van der Waals surface area contributed by atoms with Crippen molar-refractivity contribution in [2.75, 3.05) is 0 Å². The second-order valence-electron chi connectivity index (χ2n) is 25.8. The summed E-state index contributed by atoms with van der Waals surface area (Å²) in [6, 6.07) is 125. The van der Waals surface area contributed by atoms with Crippen LogP contribution in [0.5, 0.6) is 0 Å². The highest BCUT2D eigenvalue weighted by atomic mass is 16.3. The molecule has 444 valence electrons. The third-order valence-electron chi connectivity index (χ3n) is 20.3. The third kappa shape index (κ3) is 8.73. The fourth-order valence-electron chi connectivity index (χ4n) is 15.8. The second kappa shape index (κ2) is 21.5. The molecule has 0 N–H and O–H groups in total. The lowest BCUT2D eigenvalue weighted by Gasteiger charge is -2.19. The van der Waals surface area contributed by atoms with E-state index < -0.39 is 0 Å². The van der Waals surface area contributed by atoms with Crippen LogP contribution in [0.1, 0.15) is 0 Å². The Kier molecular flexibility index (Phi) is 12.1. The molecule has 2 nitrogen and oxygen atoms in total. The Morgan fingerprint density at radius 1 is 0.125 bits per heavy atom. The molecule has 0 aliphatic carbocycles. The minimum absolute atomic E-state index is 0.876. The van der Waals surface area contributed by atoms with E-state index in [1.165, 1.54) is 126 Å². The summed E-state index contributed by atoms with van der Waals surface area (Å²) in [5, 5.41) is 21.4. The fourth-order valence-corrected chi connectivity index (χ4v) is 15.8. The molecular weight excluding hydrogens is 1160 g/mol. The first kappa shape index (κ1) is 54.0. The summed E-state index contributed by atoms with van der Waals surface area (Å²) in [4.78, 5) is 0. The minimum Gasteiger partial charge on any atom is -0.456 e. The van der Waals surface area contributed by atoms with Crippen LogP contribution in [-0.2, 0) is 0 Å². The molecule has 0 radical (unpaired) electrons. The van der Waals surface area contributed by atoms with Gasteiger partial charge in [-0.05, 0) is 243 Å². The van der Waals surface area contributed by atoms with Gasteiger partial charge in [0.2, 0.25) is 0 Å². The van der Waals surface area contributed by atoms with Gasteiger partial charge in [0.1, 0.15) is 22.3 Å². The van der Waals surface area contributed by atoms with E-state index in [0.29, 0.717) is 0 Å². The minimum atomic E-state index is 0.876. The number of rotatable bonds is 8. The van der Waals surface area contributed by atoms with Gasteiger partial charge in [-0.15, -0.1) is 0 Å². The van der Waals surface area contributed by atoms with Crippen molar-refractivity contribution in [2.45, 2.75) is 0 Å². The lowest BCUT2D eigenvalue weighted by Crippen LogP contribution is -1.92. The van der Waals surface area contributed by atoms with Crippen molar-refractivity contribution in [3.63, 3.8) is 0 Å². The molecule has 20 aromatic rings. The molecule has 0 aliphatic rings. The SMILES string of the molecule is c1ccc(-c2cc(-c3ccc(-c4ccc5cc6oc7ccc(-c8c9ccccc9c(-c9ccc(-c%10ccc%11ccccc%11c%10)cc9)c9ccccc89)cc7c6cc5c4)cc3)cc(-c3c4ccccc4c(-c4ccc5oc6cc7ccccc7cc6c5c4)c4ccccc34)c2)cc1. The third-order valence-corrected chi connectivity index (χ3v) is 20.3. The van der Waals surface area contributed by atoms with E-state index in [0.717, 1.165) is 82.6 Å². The van der Waals surface area contributed by atoms with Gasteiger partial charge >= 0.3 is 0 Å². The molecule has 96 heavy (non-hydrogen) atoms. The maximum atomic E-state index is 6.70. The molecule has 0 spiro atoms. The number of furan rings is 2. The zero-order chi connectivity index (χ0) is 63.0. The molecule has 0 saturated heterocycles. The summed E-state index contributed by atoms with van der Waals surface area (Å²) >= 11 is 0. The molecule has 18 aromatic carbocycles. The highest BCUT2D eigenvalue weighted by molar-refractivity contribution is 6.25. The van der Waals surface area contributed by atoms with Crippen molar-refractivity contribution in [1.82, 2.24) is 0 Å². The van der Waals surface area contributed by atoms with Gasteiger partial charge in [-0.2, -0.15) is 0 Å². The van der Waals surface area contributed by atoms with E-state index in [1.807, 2.05) is 0 Å². The molecule has 0 saturated carbocycles. The van der Waals surface area contributed by atoms with Gasteiger partial charge in [-0.3, -0.25) is 0 Å². The molecule has 0 unspecified atom stereocenters. The van der Waals surface area contributed by atoms with Gasteiger partial charge in [0, 0.05) is 21.5 Å².